The largest absolute Gasteiger partial charge is 0.497 e. The number of methoxy groups -OCH3 is 1. The zero-order valence-electron chi connectivity index (χ0n) is 12.8. The van der Waals surface area contributed by atoms with Crippen molar-refractivity contribution in [1.29, 1.82) is 5.26 Å². The average Bonchev–Trinajstić information content (AvgIpc) is 3.07. The van der Waals surface area contributed by atoms with Crippen LogP contribution in [-0.4, -0.2) is 16.7 Å². The van der Waals surface area contributed by atoms with Gasteiger partial charge in [0.05, 0.1) is 18.7 Å². The van der Waals surface area contributed by atoms with E-state index in [1.165, 1.54) is 6.20 Å². The maximum atomic E-state index is 13.1. The van der Waals surface area contributed by atoms with Gasteiger partial charge in [0.25, 0.3) is 6.43 Å². The highest BCUT2D eigenvalue weighted by Crippen LogP contribution is 2.28. The van der Waals surface area contributed by atoms with Crippen LogP contribution in [0.2, 0.25) is 0 Å². The minimum absolute atomic E-state index is 0.301. The Morgan fingerprint density at radius 3 is 2.29 bits per heavy atom. The number of nitriles is 1. The van der Waals surface area contributed by atoms with Gasteiger partial charge < -0.3 is 4.74 Å². The lowest BCUT2D eigenvalue weighted by Crippen LogP contribution is -1.96. The number of rotatable bonds is 4. The molecule has 0 saturated heterocycles. The molecule has 3 aromatic rings. The van der Waals surface area contributed by atoms with E-state index in [4.69, 9.17) is 10.00 Å². The molecule has 0 aliphatic rings. The third-order valence-corrected chi connectivity index (χ3v) is 3.57. The summed E-state index contributed by atoms with van der Waals surface area (Å²) in [7, 11) is 1.56. The van der Waals surface area contributed by atoms with E-state index < -0.39 is 6.43 Å². The van der Waals surface area contributed by atoms with Crippen LogP contribution >= 0.6 is 0 Å². The first-order valence-corrected chi connectivity index (χ1v) is 7.15. The monoisotopic (exact) mass is 325 g/mol. The van der Waals surface area contributed by atoms with Crippen LogP contribution in [0.5, 0.6) is 5.75 Å². The molecule has 1 aromatic heterocycles. The zero-order valence-corrected chi connectivity index (χ0v) is 12.8. The number of imidazole rings is 1. The Bertz CT molecular complexity index is 878. The van der Waals surface area contributed by atoms with Gasteiger partial charge in [-0.25, -0.2) is 13.8 Å². The highest BCUT2D eigenvalue weighted by molar-refractivity contribution is 5.60. The summed E-state index contributed by atoms with van der Waals surface area (Å²) in [5, 5.41) is 8.88. The molecule has 0 fully saturated rings. The maximum Gasteiger partial charge on any atom is 0.281 e. The molecular formula is C18H13F2N3O. The summed E-state index contributed by atoms with van der Waals surface area (Å²) in [6.07, 6.45) is -1.35. The number of hydrogen-bond donors (Lipinski definition) is 0. The van der Waals surface area contributed by atoms with E-state index in [2.05, 4.69) is 4.98 Å². The number of ether oxygens (including phenoxy) is 1. The molecule has 0 aliphatic heterocycles. The van der Waals surface area contributed by atoms with Crippen molar-refractivity contribution in [1.82, 2.24) is 9.55 Å². The van der Waals surface area contributed by atoms with E-state index in [1.807, 2.05) is 6.07 Å². The van der Waals surface area contributed by atoms with Crippen LogP contribution in [-0.2, 0) is 0 Å². The fraction of sp³-hybridized carbons (Fsp3) is 0.111. The minimum Gasteiger partial charge on any atom is -0.497 e. The molecule has 0 spiro atoms. The SMILES string of the molecule is COc1ccc(-c2nc(C(F)F)cn2-c2ccc(C#N)cc2)cc1. The number of aromatic nitrogens is 2. The lowest BCUT2D eigenvalue weighted by Gasteiger charge is -2.08. The molecule has 4 nitrogen and oxygen atoms in total. The Morgan fingerprint density at radius 2 is 1.75 bits per heavy atom. The molecule has 2 aromatic carbocycles. The Labute approximate surface area is 137 Å². The molecule has 0 amide bonds. The van der Waals surface area contributed by atoms with E-state index in [-0.39, 0.29) is 5.69 Å². The molecular weight excluding hydrogens is 312 g/mol. The molecule has 3 rings (SSSR count). The van der Waals surface area contributed by atoms with Crippen molar-refractivity contribution in [2.75, 3.05) is 7.11 Å². The Kier molecular flexibility index (Phi) is 4.25. The number of alkyl halides is 2. The van der Waals surface area contributed by atoms with Gasteiger partial charge in [0.15, 0.2) is 0 Å². The third-order valence-electron chi connectivity index (χ3n) is 3.57. The minimum atomic E-state index is -2.67. The van der Waals surface area contributed by atoms with Gasteiger partial charge in [-0.3, -0.25) is 4.57 Å². The quantitative estimate of drug-likeness (QED) is 0.716. The van der Waals surface area contributed by atoms with Crippen LogP contribution in [0.1, 0.15) is 17.7 Å². The first-order valence-electron chi connectivity index (χ1n) is 7.15. The number of benzene rings is 2. The van der Waals surface area contributed by atoms with Crippen LogP contribution < -0.4 is 4.74 Å². The molecule has 1 heterocycles. The summed E-state index contributed by atoms with van der Waals surface area (Å²) in [5.74, 6) is 1.07. The molecule has 0 unspecified atom stereocenters. The van der Waals surface area contributed by atoms with Crippen molar-refractivity contribution >= 4 is 0 Å². The molecule has 0 N–H and O–H groups in total. The smallest absolute Gasteiger partial charge is 0.281 e. The van der Waals surface area contributed by atoms with Crippen LogP contribution in [0.15, 0.2) is 54.7 Å². The Hall–Kier alpha value is -3.20. The average molecular weight is 325 g/mol. The number of nitrogens with zero attached hydrogens (tertiary/aromatic N) is 3. The summed E-state index contributed by atoms with van der Waals surface area (Å²) in [4.78, 5) is 4.06. The first kappa shape index (κ1) is 15.7. The van der Waals surface area contributed by atoms with Gasteiger partial charge in [-0.1, -0.05) is 0 Å². The van der Waals surface area contributed by atoms with E-state index in [0.29, 0.717) is 28.4 Å². The molecule has 0 bridgehead atoms. The van der Waals surface area contributed by atoms with E-state index in [1.54, 1.807) is 60.2 Å². The predicted octanol–water partition coefficient (Wildman–Crippen LogP) is 4.36. The molecule has 0 saturated carbocycles. The second kappa shape index (κ2) is 6.50. The van der Waals surface area contributed by atoms with Gasteiger partial charge in [0, 0.05) is 17.4 Å². The third kappa shape index (κ3) is 2.97. The molecule has 0 atom stereocenters. The van der Waals surface area contributed by atoms with E-state index in [9.17, 15) is 8.78 Å². The standard InChI is InChI=1S/C18H13F2N3O/c1-24-15-8-4-13(5-9-15)18-22-16(17(19)20)11-23(18)14-6-2-12(10-21)3-7-14/h2-9,11,17H,1H3. The number of hydrogen-bond acceptors (Lipinski definition) is 3. The summed E-state index contributed by atoms with van der Waals surface area (Å²) in [6.45, 7) is 0. The molecule has 6 heteroatoms. The lowest BCUT2D eigenvalue weighted by molar-refractivity contribution is 0.146. The number of halogens is 2. The van der Waals surface area contributed by atoms with Gasteiger partial charge in [-0.2, -0.15) is 5.26 Å². The second-order valence-corrected chi connectivity index (χ2v) is 5.05. The topological polar surface area (TPSA) is 50.8 Å². The summed E-state index contributed by atoms with van der Waals surface area (Å²) >= 11 is 0. The Balaban J connectivity index is 2.11. The van der Waals surface area contributed by atoms with Crippen molar-refractivity contribution in [2.24, 2.45) is 0 Å². The van der Waals surface area contributed by atoms with Crippen LogP contribution in [0.25, 0.3) is 17.1 Å². The summed E-state index contributed by atoms with van der Waals surface area (Å²) in [6, 6.07) is 15.7. The highest BCUT2D eigenvalue weighted by Gasteiger charge is 2.17. The van der Waals surface area contributed by atoms with Gasteiger partial charge in [0.2, 0.25) is 0 Å². The molecule has 120 valence electrons. The normalized spacial score (nSPS) is 10.6. The Morgan fingerprint density at radius 1 is 1.08 bits per heavy atom. The van der Waals surface area contributed by atoms with E-state index in [0.717, 1.165) is 0 Å². The van der Waals surface area contributed by atoms with Crippen LogP contribution in [0, 0.1) is 11.3 Å². The van der Waals surface area contributed by atoms with Crippen molar-refractivity contribution < 1.29 is 13.5 Å². The molecule has 24 heavy (non-hydrogen) atoms. The summed E-state index contributed by atoms with van der Waals surface area (Å²) < 4.78 is 32.9. The fourth-order valence-electron chi connectivity index (χ4n) is 2.34. The van der Waals surface area contributed by atoms with Crippen molar-refractivity contribution in [2.45, 2.75) is 6.43 Å². The highest BCUT2D eigenvalue weighted by atomic mass is 19.3. The lowest BCUT2D eigenvalue weighted by atomic mass is 10.2. The van der Waals surface area contributed by atoms with Crippen LogP contribution in [0.4, 0.5) is 8.78 Å². The van der Waals surface area contributed by atoms with E-state index >= 15 is 0 Å². The van der Waals surface area contributed by atoms with Crippen LogP contribution in [0.3, 0.4) is 0 Å². The van der Waals surface area contributed by atoms with Crippen molar-refractivity contribution in [3.05, 3.63) is 66.0 Å². The first-order chi connectivity index (χ1) is 11.6. The van der Waals surface area contributed by atoms with Gasteiger partial charge >= 0.3 is 0 Å². The van der Waals surface area contributed by atoms with Crippen molar-refractivity contribution in [3.63, 3.8) is 0 Å². The summed E-state index contributed by atoms with van der Waals surface area (Å²) in [5.41, 5.74) is 1.54. The van der Waals surface area contributed by atoms with Gasteiger partial charge in [-0.05, 0) is 48.5 Å². The predicted molar refractivity (Wildman–Crippen MR) is 85.2 cm³/mol. The van der Waals surface area contributed by atoms with Gasteiger partial charge in [0.1, 0.15) is 17.3 Å². The molecule has 0 radical (unpaired) electrons. The fourth-order valence-corrected chi connectivity index (χ4v) is 2.34. The van der Waals surface area contributed by atoms with Crippen molar-refractivity contribution in [3.8, 4) is 28.9 Å². The maximum absolute atomic E-state index is 13.1. The zero-order chi connectivity index (χ0) is 17.1. The van der Waals surface area contributed by atoms with Gasteiger partial charge in [-0.15, -0.1) is 0 Å². The second-order valence-electron chi connectivity index (χ2n) is 5.05. The molecule has 0 aliphatic carbocycles.